The first kappa shape index (κ1) is 13.7. The summed E-state index contributed by atoms with van der Waals surface area (Å²) >= 11 is 0. The SMILES string of the molecule is COc1ccc(C2OC(=O)CC2(C)c2ccccc2)cc1. The van der Waals surface area contributed by atoms with Crippen LogP contribution in [-0.4, -0.2) is 13.1 Å². The first-order valence-electron chi connectivity index (χ1n) is 7.02. The second-order valence-electron chi connectivity index (χ2n) is 5.60. The van der Waals surface area contributed by atoms with Gasteiger partial charge in [0.15, 0.2) is 0 Å². The van der Waals surface area contributed by atoms with Crippen molar-refractivity contribution in [3.63, 3.8) is 0 Å². The smallest absolute Gasteiger partial charge is 0.307 e. The molecule has 1 fully saturated rings. The molecule has 0 aromatic heterocycles. The lowest BCUT2D eigenvalue weighted by molar-refractivity contribution is -0.141. The first-order chi connectivity index (χ1) is 10.1. The third-order valence-corrected chi connectivity index (χ3v) is 4.19. The highest BCUT2D eigenvalue weighted by Gasteiger charge is 2.47. The minimum Gasteiger partial charge on any atom is -0.497 e. The van der Waals surface area contributed by atoms with Gasteiger partial charge in [-0.05, 0) is 23.3 Å². The molecule has 0 bridgehead atoms. The number of ether oxygens (including phenoxy) is 2. The zero-order valence-corrected chi connectivity index (χ0v) is 12.2. The van der Waals surface area contributed by atoms with Crippen LogP contribution in [0, 0.1) is 0 Å². The number of esters is 1. The number of hydrogen-bond donors (Lipinski definition) is 0. The van der Waals surface area contributed by atoms with Crippen molar-refractivity contribution in [2.45, 2.75) is 24.9 Å². The Labute approximate surface area is 124 Å². The van der Waals surface area contributed by atoms with Gasteiger partial charge in [-0.2, -0.15) is 0 Å². The summed E-state index contributed by atoms with van der Waals surface area (Å²) in [6.45, 7) is 2.09. The Balaban J connectivity index is 2.00. The Hall–Kier alpha value is -2.29. The van der Waals surface area contributed by atoms with Crippen LogP contribution in [0.15, 0.2) is 54.6 Å². The number of hydrogen-bond acceptors (Lipinski definition) is 3. The average Bonchev–Trinajstić information content (AvgIpc) is 2.84. The second kappa shape index (κ2) is 5.24. The molecule has 2 atom stereocenters. The molecule has 0 amide bonds. The topological polar surface area (TPSA) is 35.5 Å². The lowest BCUT2D eigenvalue weighted by atomic mass is 9.74. The molecule has 3 rings (SSSR count). The highest BCUT2D eigenvalue weighted by molar-refractivity contribution is 5.75. The molecule has 108 valence electrons. The van der Waals surface area contributed by atoms with E-state index < -0.39 is 0 Å². The van der Waals surface area contributed by atoms with Gasteiger partial charge in [-0.3, -0.25) is 4.79 Å². The number of benzene rings is 2. The number of carbonyl (C=O) groups is 1. The zero-order chi connectivity index (χ0) is 14.9. The van der Waals surface area contributed by atoms with Gasteiger partial charge in [-0.15, -0.1) is 0 Å². The van der Waals surface area contributed by atoms with Gasteiger partial charge in [0.25, 0.3) is 0 Å². The maximum atomic E-state index is 11.9. The predicted molar refractivity (Wildman–Crippen MR) is 80.2 cm³/mol. The molecule has 1 aliphatic heterocycles. The molecule has 0 saturated carbocycles. The van der Waals surface area contributed by atoms with E-state index in [9.17, 15) is 4.79 Å². The summed E-state index contributed by atoms with van der Waals surface area (Å²) in [6, 6.07) is 17.8. The van der Waals surface area contributed by atoms with Crippen molar-refractivity contribution < 1.29 is 14.3 Å². The Bertz CT molecular complexity index is 633. The van der Waals surface area contributed by atoms with Crippen molar-refractivity contribution in [2.24, 2.45) is 0 Å². The van der Waals surface area contributed by atoms with Crippen molar-refractivity contribution in [3.05, 3.63) is 65.7 Å². The van der Waals surface area contributed by atoms with Gasteiger partial charge in [0, 0.05) is 5.41 Å². The normalized spacial score (nSPS) is 24.7. The fraction of sp³-hybridized carbons (Fsp3) is 0.278. The van der Waals surface area contributed by atoms with E-state index in [1.165, 1.54) is 0 Å². The third kappa shape index (κ3) is 2.40. The highest BCUT2D eigenvalue weighted by atomic mass is 16.6. The molecule has 3 heteroatoms. The van der Waals surface area contributed by atoms with Crippen molar-refractivity contribution in [3.8, 4) is 5.75 Å². The van der Waals surface area contributed by atoms with E-state index in [-0.39, 0.29) is 17.5 Å². The molecule has 0 radical (unpaired) electrons. The standard InChI is InChI=1S/C18H18O3/c1-18(14-6-4-3-5-7-14)12-16(19)21-17(18)13-8-10-15(20-2)11-9-13/h3-11,17H,12H2,1-2H3. The van der Waals surface area contributed by atoms with Gasteiger partial charge >= 0.3 is 5.97 Å². The van der Waals surface area contributed by atoms with Crippen LogP contribution in [0.2, 0.25) is 0 Å². The van der Waals surface area contributed by atoms with Crippen molar-refractivity contribution in [1.82, 2.24) is 0 Å². The number of methoxy groups -OCH3 is 1. The number of rotatable bonds is 3. The molecule has 2 aromatic carbocycles. The molecule has 21 heavy (non-hydrogen) atoms. The molecule has 2 aromatic rings. The van der Waals surface area contributed by atoms with Crippen molar-refractivity contribution in [1.29, 1.82) is 0 Å². The van der Waals surface area contributed by atoms with Crippen LogP contribution < -0.4 is 4.74 Å². The third-order valence-electron chi connectivity index (χ3n) is 4.19. The van der Waals surface area contributed by atoms with Crippen LogP contribution in [0.3, 0.4) is 0 Å². The van der Waals surface area contributed by atoms with Crippen LogP contribution in [-0.2, 0) is 14.9 Å². The molecular formula is C18H18O3. The van der Waals surface area contributed by atoms with E-state index in [4.69, 9.17) is 9.47 Å². The Kier molecular flexibility index (Phi) is 3.42. The van der Waals surface area contributed by atoms with E-state index in [1.807, 2.05) is 42.5 Å². The van der Waals surface area contributed by atoms with E-state index >= 15 is 0 Å². The van der Waals surface area contributed by atoms with Gasteiger partial charge < -0.3 is 9.47 Å². The van der Waals surface area contributed by atoms with Gasteiger partial charge in [0.1, 0.15) is 11.9 Å². The minimum absolute atomic E-state index is 0.151. The quantitative estimate of drug-likeness (QED) is 0.806. The Morgan fingerprint density at radius 3 is 2.38 bits per heavy atom. The molecule has 0 N–H and O–H groups in total. The van der Waals surface area contributed by atoms with Gasteiger partial charge in [0.05, 0.1) is 13.5 Å². The maximum absolute atomic E-state index is 11.9. The van der Waals surface area contributed by atoms with Gasteiger partial charge in [0.2, 0.25) is 0 Å². The van der Waals surface area contributed by atoms with E-state index in [1.54, 1.807) is 7.11 Å². The highest BCUT2D eigenvalue weighted by Crippen LogP contribution is 2.47. The van der Waals surface area contributed by atoms with Crippen LogP contribution in [0.25, 0.3) is 0 Å². The van der Waals surface area contributed by atoms with Crippen molar-refractivity contribution >= 4 is 5.97 Å². The summed E-state index contributed by atoms with van der Waals surface area (Å²) < 4.78 is 10.8. The molecular weight excluding hydrogens is 264 g/mol. The maximum Gasteiger partial charge on any atom is 0.307 e. The zero-order valence-electron chi connectivity index (χ0n) is 12.2. The fourth-order valence-electron chi connectivity index (χ4n) is 2.98. The van der Waals surface area contributed by atoms with E-state index in [0.29, 0.717) is 6.42 Å². The molecule has 1 aliphatic rings. The van der Waals surface area contributed by atoms with Crippen molar-refractivity contribution in [2.75, 3.05) is 7.11 Å². The summed E-state index contributed by atoms with van der Waals surface area (Å²) in [4.78, 5) is 11.9. The lowest BCUT2D eigenvalue weighted by Gasteiger charge is -2.29. The molecule has 1 saturated heterocycles. The summed E-state index contributed by atoms with van der Waals surface area (Å²) in [5.41, 5.74) is 1.78. The predicted octanol–water partition coefficient (Wildman–Crippen LogP) is 3.64. The van der Waals surface area contributed by atoms with Crippen LogP contribution in [0.5, 0.6) is 5.75 Å². The monoisotopic (exact) mass is 282 g/mol. The Morgan fingerprint density at radius 2 is 1.76 bits per heavy atom. The van der Waals surface area contributed by atoms with E-state index in [0.717, 1.165) is 16.9 Å². The summed E-state index contributed by atoms with van der Waals surface area (Å²) in [6.07, 6.45) is 0.131. The molecule has 0 spiro atoms. The number of cyclic esters (lactones) is 1. The Morgan fingerprint density at radius 1 is 1.10 bits per heavy atom. The number of carbonyl (C=O) groups excluding carboxylic acids is 1. The largest absolute Gasteiger partial charge is 0.497 e. The fourth-order valence-corrected chi connectivity index (χ4v) is 2.98. The molecule has 0 aliphatic carbocycles. The van der Waals surface area contributed by atoms with Crippen LogP contribution in [0.4, 0.5) is 0 Å². The summed E-state index contributed by atoms with van der Waals surface area (Å²) in [5.74, 6) is 0.645. The van der Waals surface area contributed by atoms with Crippen LogP contribution in [0.1, 0.15) is 30.6 Å². The van der Waals surface area contributed by atoms with Gasteiger partial charge in [-0.25, -0.2) is 0 Å². The first-order valence-corrected chi connectivity index (χ1v) is 7.02. The van der Waals surface area contributed by atoms with E-state index in [2.05, 4.69) is 19.1 Å². The molecule has 2 unspecified atom stereocenters. The average molecular weight is 282 g/mol. The minimum atomic E-state index is -0.340. The molecule has 3 nitrogen and oxygen atoms in total. The molecule has 1 heterocycles. The lowest BCUT2D eigenvalue weighted by Crippen LogP contribution is -2.25. The second-order valence-corrected chi connectivity index (χ2v) is 5.60. The summed E-state index contributed by atoms with van der Waals surface area (Å²) in [5, 5.41) is 0. The summed E-state index contributed by atoms with van der Waals surface area (Å²) in [7, 11) is 1.64. The van der Waals surface area contributed by atoms with Gasteiger partial charge in [-0.1, -0.05) is 49.4 Å². The van der Waals surface area contributed by atoms with Crippen LogP contribution >= 0.6 is 0 Å².